The molecule has 1 atom stereocenters. The van der Waals surface area contributed by atoms with E-state index in [9.17, 15) is 4.79 Å². The molecule has 18 heavy (non-hydrogen) atoms. The molecule has 3 N–H and O–H groups in total. The lowest BCUT2D eigenvalue weighted by atomic mass is 10.2. The molecule has 0 radical (unpaired) electrons. The summed E-state index contributed by atoms with van der Waals surface area (Å²) in [5, 5.41) is 2.77. The van der Waals surface area contributed by atoms with Crippen LogP contribution in [0.3, 0.4) is 0 Å². The van der Waals surface area contributed by atoms with Crippen molar-refractivity contribution >= 4 is 11.7 Å². The Hall–Kier alpha value is -1.73. The van der Waals surface area contributed by atoms with E-state index < -0.39 is 0 Å². The number of aromatic nitrogens is 2. The number of morpholine rings is 1. The van der Waals surface area contributed by atoms with Gasteiger partial charge in [0, 0.05) is 19.6 Å². The molecule has 1 aliphatic heterocycles. The molecule has 1 aromatic rings. The second-order valence-corrected chi connectivity index (χ2v) is 4.29. The number of anilines is 1. The van der Waals surface area contributed by atoms with Crippen LogP contribution in [-0.2, 0) is 4.74 Å². The third-order valence-electron chi connectivity index (χ3n) is 2.74. The van der Waals surface area contributed by atoms with E-state index in [-0.39, 0.29) is 17.7 Å². The number of nitrogens with two attached hydrogens (primary N) is 1. The first kappa shape index (κ1) is 12.7. The minimum Gasteiger partial charge on any atom is -0.382 e. The number of amides is 1. The second-order valence-electron chi connectivity index (χ2n) is 4.29. The van der Waals surface area contributed by atoms with E-state index in [1.54, 1.807) is 0 Å². The number of hydrogen-bond donors (Lipinski definition) is 2. The molecule has 0 bridgehead atoms. The standard InChI is InChI=1S/C11H17N5O2/c1-16-2-3-18-8(7-16)4-15-11(17)9-5-14-10(12)6-13-9/h5-6,8H,2-4,7H2,1H3,(H2,12,14)(H,15,17). The highest BCUT2D eigenvalue weighted by Gasteiger charge is 2.18. The van der Waals surface area contributed by atoms with Crippen LogP contribution in [0.5, 0.6) is 0 Å². The number of nitrogens with zero attached hydrogens (tertiary/aromatic N) is 3. The van der Waals surface area contributed by atoms with Crippen molar-refractivity contribution in [3.63, 3.8) is 0 Å². The summed E-state index contributed by atoms with van der Waals surface area (Å²) in [6.45, 7) is 2.90. The van der Waals surface area contributed by atoms with Gasteiger partial charge in [0.1, 0.15) is 11.5 Å². The molecule has 1 amide bonds. The maximum absolute atomic E-state index is 11.8. The Kier molecular flexibility index (Phi) is 4.06. The van der Waals surface area contributed by atoms with Crippen molar-refractivity contribution in [2.45, 2.75) is 6.10 Å². The first-order valence-corrected chi connectivity index (χ1v) is 5.81. The molecule has 0 aliphatic carbocycles. The van der Waals surface area contributed by atoms with Crippen LogP contribution in [0, 0.1) is 0 Å². The molecule has 98 valence electrons. The van der Waals surface area contributed by atoms with Crippen LogP contribution in [0.1, 0.15) is 10.5 Å². The van der Waals surface area contributed by atoms with Gasteiger partial charge in [0.15, 0.2) is 0 Å². The quantitative estimate of drug-likeness (QED) is 0.724. The zero-order valence-electron chi connectivity index (χ0n) is 10.3. The predicted octanol–water partition coefficient (Wildman–Crippen LogP) is -0.881. The summed E-state index contributed by atoms with van der Waals surface area (Å²) in [7, 11) is 2.03. The van der Waals surface area contributed by atoms with Crippen molar-refractivity contribution < 1.29 is 9.53 Å². The summed E-state index contributed by atoms with van der Waals surface area (Å²) >= 11 is 0. The van der Waals surface area contributed by atoms with Crippen LogP contribution in [0.15, 0.2) is 12.4 Å². The summed E-state index contributed by atoms with van der Waals surface area (Å²) in [5.41, 5.74) is 5.66. The van der Waals surface area contributed by atoms with Crippen LogP contribution < -0.4 is 11.1 Å². The van der Waals surface area contributed by atoms with Gasteiger partial charge in [-0.3, -0.25) is 4.79 Å². The van der Waals surface area contributed by atoms with Crippen molar-refractivity contribution in [2.24, 2.45) is 0 Å². The zero-order valence-corrected chi connectivity index (χ0v) is 10.3. The van der Waals surface area contributed by atoms with Crippen molar-refractivity contribution in [3.05, 3.63) is 18.1 Å². The molecule has 0 aromatic carbocycles. The lowest BCUT2D eigenvalue weighted by molar-refractivity contribution is -0.0175. The molecule has 2 rings (SSSR count). The lowest BCUT2D eigenvalue weighted by Gasteiger charge is -2.30. The average molecular weight is 251 g/mol. The number of rotatable bonds is 3. The van der Waals surface area contributed by atoms with Crippen LogP contribution in [0.2, 0.25) is 0 Å². The van der Waals surface area contributed by atoms with Crippen molar-refractivity contribution in [2.75, 3.05) is 39.0 Å². The van der Waals surface area contributed by atoms with E-state index in [1.165, 1.54) is 12.4 Å². The van der Waals surface area contributed by atoms with Gasteiger partial charge in [0.2, 0.25) is 0 Å². The Labute approximate surface area is 105 Å². The van der Waals surface area contributed by atoms with Crippen LogP contribution in [0.25, 0.3) is 0 Å². The van der Waals surface area contributed by atoms with Gasteiger partial charge in [0.05, 0.1) is 25.1 Å². The van der Waals surface area contributed by atoms with E-state index in [2.05, 4.69) is 20.2 Å². The molecule has 0 saturated carbocycles. The lowest BCUT2D eigenvalue weighted by Crippen LogP contribution is -2.46. The van der Waals surface area contributed by atoms with Gasteiger partial charge < -0.3 is 20.7 Å². The number of likely N-dealkylation sites (N-methyl/N-ethyl adjacent to an activating group) is 1. The zero-order chi connectivity index (χ0) is 13.0. The second kappa shape index (κ2) is 5.74. The van der Waals surface area contributed by atoms with Gasteiger partial charge in [-0.05, 0) is 7.05 Å². The number of carbonyl (C=O) groups excluding carboxylic acids is 1. The SMILES string of the molecule is CN1CCOC(CNC(=O)c2cnc(N)cn2)C1. The highest BCUT2D eigenvalue weighted by molar-refractivity contribution is 5.91. The molecule has 0 spiro atoms. The van der Waals surface area contributed by atoms with Gasteiger partial charge in [-0.1, -0.05) is 0 Å². The average Bonchev–Trinajstić information content (AvgIpc) is 2.37. The summed E-state index contributed by atoms with van der Waals surface area (Å²) < 4.78 is 5.54. The van der Waals surface area contributed by atoms with Crippen molar-refractivity contribution in [1.29, 1.82) is 0 Å². The third-order valence-corrected chi connectivity index (χ3v) is 2.74. The summed E-state index contributed by atoms with van der Waals surface area (Å²) in [6.07, 6.45) is 2.74. The fourth-order valence-electron chi connectivity index (χ4n) is 1.74. The molecular weight excluding hydrogens is 234 g/mol. The predicted molar refractivity (Wildman–Crippen MR) is 66.0 cm³/mol. The van der Waals surface area contributed by atoms with Crippen LogP contribution in [-0.4, -0.2) is 60.2 Å². The Morgan fingerprint density at radius 3 is 3.11 bits per heavy atom. The van der Waals surface area contributed by atoms with E-state index >= 15 is 0 Å². The van der Waals surface area contributed by atoms with Gasteiger partial charge in [0.25, 0.3) is 5.91 Å². The maximum Gasteiger partial charge on any atom is 0.271 e. The first-order valence-electron chi connectivity index (χ1n) is 5.81. The van der Waals surface area contributed by atoms with E-state index in [1.807, 2.05) is 7.05 Å². The van der Waals surface area contributed by atoms with Gasteiger partial charge in [-0.25, -0.2) is 9.97 Å². The Balaban J connectivity index is 1.82. The molecule has 1 fully saturated rings. The van der Waals surface area contributed by atoms with Gasteiger partial charge in [-0.2, -0.15) is 0 Å². The number of nitrogens with one attached hydrogen (secondary N) is 1. The highest BCUT2D eigenvalue weighted by atomic mass is 16.5. The van der Waals surface area contributed by atoms with Crippen LogP contribution in [0.4, 0.5) is 5.82 Å². The van der Waals surface area contributed by atoms with Crippen LogP contribution >= 0.6 is 0 Å². The maximum atomic E-state index is 11.8. The molecule has 1 unspecified atom stereocenters. The molecule has 2 heterocycles. The normalized spacial score (nSPS) is 20.6. The Morgan fingerprint density at radius 2 is 2.44 bits per heavy atom. The molecule has 1 aliphatic rings. The molecule has 1 saturated heterocycles. The molecule has 1 aromatic heterocycles. The fraction of sp³-hybridized carbons (Fsp3) is 0.545. The highest BCUT2D eigenvalue weighted by Crippen LogP contribution is 2.02. The number of carbonyl (C=O) groups is 1. The van der Waals surface area contributed by atoms with E-state index in [0.29, 0.717) is 19.0 Å². The Bertz CT molecular complexity index is 408. The smallest absolute Gasteiger partial charge is 0.271 e. The van der Waals surface area contributed by atoms with Gasteiger partial charge >= 0.3 is 0 Å². The molecular formula is C11H17N5O2. The minimum absolute atomic E-state index is 0.0226. The monoisotopic (exact) mass is 251 g/mol. The summed E-state index contributed by atoms with van der Waals surface area (Å²) in [5.74, 6) is 0.0307. The first-order chi connectivity index (χ1) is 8.65. The molecule has 7 nitrogen and oxygen atoms in total. The fourth-order valence-corrected chi connectivity index (χ4v) is 1.74. The minimum atomic E-state index is -0.265. The largest absolute Gasteiger partial charge is 0.382 e. The van der Waals surface area contributed by atoms with Crippen molar-refractivity contribution in [1.82, 2.24) is 20.2 Å². The topological polar surface area (TPSA) is 93.4 Å². The number of nitrogen functional groups attached to an aromatic ring is 1. The number of ether oxygens (including phenoxy) is 1. The molecule has 7 heteroatoms. The summed E-state index contributed by atoms with van der Waals surface area (Å²) in [4.78, 5) is 21.7. The van der Waals surface area contributed by atoms with E-state index in [0.717, 1.165) is 13.1 Å². The van der Waals surface area contributed by atoms with E-state index in [4.69, 9.17) is 10.5 Å². The Morgan fingerprint density at radius 1 is 1.61 bits per heavy atom. The van der Waals surface area contributed by atoms with Gasteiger partial charge in [-0.15, -0.1) is 0 Å². The number of hydrogen-bond acceptors (Lipinski definition) is 6. The summed E-state index contributed by atoms with van der Waals surface area (Å²) in [6, 6.07) is 0. The third kappa shape index (κ3) is 3.38. The van der Waals surface area contributed by atoms with Crippen molar-refractivity contribution in [3.8, 4) is 0 Å².